The summed E-state index contributed by atoms with van der Waals surface area (Å²) in [4.78, 5) is 84.9. The second kappa shape index (κ2) is 18.9. The zero-order valence-corrected chi connectivity index (χ0v) is 24.5. The normalized spacial score (nSPS) is 13.4. The SMILES string of the molecule is CSCC[C@H](NC(=O)[C@H](Cc1ccc(O)cc1)NC(=O)CNC(=O)[C@H](CCC(N)=O)NC(=O)[C@@H](N)CCC(N)=O)C(=O)O. The second-order valence-corrected chi connectivity index (χ2v) is 10.6. The van der Waals surface area contributed by atoms with Crippen LogP contribution in [0.25, 0.3) is 0 Å². The van der Waals surface area contributed by atoms with E-state index in [0.29, 0.717) is 11.3 Å². The number of nitrogens with two attached hydrogens (primary N) is 3. The summed E-state index contributed by atoms with van der Waals surface area (Å²) in [6.45, 7) is -0.649. The lowest BCUT2D eigenvalue weighted by Gasteiger charge is -2.23. The van der Waals surface area contributed by atoms with Crippen molar-refractivity contribution in [1.29, 1.82) is 0 Å². The third-order valence-corrected chi connectivity index (χ3v) is 6.67. The largest absolute Gasteiger partial charge is 0.508 e. The number of aliphatic carboxylic acids is 1. The van der Waals surface area contributed by atoms with Crippen molar-refractivity contribution in [2.45, 2.75) is 62.7 Å². The summed E-state index contributed by atoms with van der Waals surface area (Å²) < 4.78 is 0. The number of hydrogen-bond donors (Lipinski definition) is 9. The molecular formula is C26H39N7O9S. The Kier molecular flexibility index (Phi) is 16.1. The van der Waals surface area contributed by atoms with E-state index in [2.05, 4.69) is 21.3 Å². The smallest absolute Gasteiger partial charge is 0.326 e. The molecule has 16 nitrogen and oxygen atoms in total. The zero-order valence-electron chi connectivity index (χ0n) is 23.7. The number of rotatable bonds is 20. The summed E-state index contributed by atoms with van der Waals surface area (Å²) in [5, 5.41) is 28.6. The van der Waals surface area contributed by atoms with Gasteiger partial charge in [-0.1, -0.05) is 12.1 Å². The Balaban J connectivity index is 2.95. The number of thioether (sulfide) groups is 1. The molecule has 1 aromatic rings. The predicted octanol–water partition coefficient (Wildman–Crippen LogP) is -2.80. The predicted molar refractivity (Wildman–Crippen MR) is 156 cm³/mol. The van der Waals surface area contributed by atoms with E-state index in [0.717, 1.165) is 0 Å². The molecule has 4 atom stereocenters. The molecule has 6 amide bonds. The van der Waals surface area contributed by atoms with Gasteiger partial charge >= 0.3 is 5.97 Å². The van der Waals surface area contributed by atoms with Gasteiger partial charge in [-0.2, -0.15) is 11.8 Å². The van der Waals surface area contributed by atoms with Gasteiger partial charge in [0.25, 0.3) is 0 Å². The fourth-order valence-corrected chi connectivity index (χ4v) is 4.11. The van der Waals surface area contributed by atoms with E-state index >= 15 is 0 Å². The van der Waals surface area contributed by atoms with E-state index in [1.54, 1.807) is 6.26 Å². The number of hydrogen-bond acceptors (Lipinski definition) is 10. The number of aromatic hydroxyl groups is 1. The van der Waals surface area contributed by atoms with Crippen LogP contribution in [0.2, 0.25) is 0 Å². The van der Waals surface area contributed by atoms with Gasteiger partial charge in [0.05, 0.1) is 12.6 Å². The molecule has 0 radical (unpaired) electrons. The first-order valence-electron chi connectivity index (χ1n) is 13.2. The van der Waals surface area contributed by atoms with E-state index in [-0.39, 0.29) is 44.3 Å². The highest BCUT2D eigenvalue weighted by atomic mass is 32.2. The average Bonchev–Trinajstić information content (AvgIpc) is 2.94. The van der Waals surface area contributed by atoms with Crippen LogP contribution in [0.15, 0.2) is 24.3 Å². The molecule has 0 bridgehead atoms. The summed E-state index contributed by atoms with van der Waals surface area (Å²) in [7, 11) is 0. The van der Waals surface area contributed by atoms with Crippen LogP contribution >= 0.6 is 11.8 Å². The Morgan fingerprint density at radius 3 is 1.93 bits per heavy atom. The minimum absolute atomic E-state index is 0.0219. The molecule has 0 heterocycles. The Bertz CT molecular complexity index is 1150. The third kappa shape index (κ3) is 14.9. The first kappa shape index (κ1) is 36.6. The molecule has 0 saturated carbocycles. The molecule has 1 rings (SSSR count). The number of primary amides is 2. The molecule has 238 valence electrons. The molecule has 0 aliphatic rings. The molecule has 0 spiro atoms. The van der Waals surface area contributed by atoms with Crippen molar-refractivity contribution in [2.24, 2.45) is 17.2 Å². The average molecular weight is 626 g/mol. The minimum Gasteiger partial charge on any atom is -0.508 e. The summed E-state index contributed by atoms with van der Waals surface area (Å²) in [6, 6.07) is 0.858. The summed E-state index contributed by atoms with van der Waals surface area (Å²) in [6.07, 6.45) is 1.11. The Labute approximate surface area is 252 Å². The number of carbonyl (C=O) groups is 7. The van der Waals surface area contributed by atoms with Crippen molar-refractivity contribution in [3.05, 3.63) is 29.8 Å². The maximum atomic E-state index is 13.0. The molecule has 0 aromatic heterocycles. The molecule has 12 N–H and O–H groups in total. The van der Waals surface area contributed by atoms with Crippen LogP contribution in [-0.2, 0) is 40.0 Å². The van der Waals surface area contributed by atoms with Gasteiger partial charge in [-0.3, -0.25) is 28.8 Å². The van der Waals surface area contributed by atoms with Gasteiger partial charge in [-0.15, -0.1) is 0 Å². The van der Waals surface area contributed by atoms with E-state index < -0.39 is 72.1 Å². The van der Waals surface area contributed by atoms with Crippen molar-refractivity contribution in [3.63, 3.8) is 0 Å². The molecule has 43 heavy (non-hydrogen) atoms. The van der Waals surface area contributed by atoms with Crippen molar-refractivity contribution < 1.29 is 43.8 Å². The minimum atomic E-state index is -1.31. The van der Waals surface area contributed by atoms with Gasteiger partial charge < -0.3 is 48.7 Å². The summed E-state index contributed by atoms with van der Waals surface area (Å²) >= 11 is 1.40. The maximum absolute atomic E-state index is 13.0. The maximum Gasteiger partial charge on any atom is 0.326 e. The number of carbonyl (C=O) groups excluding carboxylic acids is 6. The molecule has 17 heteroatoms. The fraction of sp³-hybridized carbons (Fsp3) is 0.500. The second-order valence-electron chi connectivity index (χ2n) is 9.57. The molecule has 0 fully saturated rings. The van der Waals surface area contributed by atoms with E-state index in [1.807, 2.05) is 0 Å². The lowest BCUT2D eigenvalue weighted by molar-refractivity contribution is -0.142. The first-order valence-corrected chi connectivity index (χ1v) is 14.6. The molecule has 0 aliphatic heterocycles. The van der Waals surface area contributed by atoms with Gasteiger partial charge in [0.1, 0.15) is 23.9 Å². The van der Waals surface area contributed by atoms with Crippen LogP contribution < -0.4 is 38.5 Å². The van der Waals surface area contributed by atoms with Crippen LogP contribution in [0.1, 0.15) is 37.7 Å². The van der Waals surface area contributed by atoms with Crippen LogP contribution in [0.3, 0.4) is 0 Å². The summed E-state index contributed by atoms with van der Waals surface area (Å²) in [5.74, 6) is -5.48. The molecule has 1 aromatic carbocycles. The van der Waals surface area contributed by atoms with Crippen LogP contribution in [0.4, 0.5) is 0 Å². The van der Waals surface area contributed by atoms with Crippen LogP contribution in [-0.4, -0.2) is 94.3 Å². The number of phenols is 1. The van der Waals surface area contributed by atoms with Gasteiger partial charge in [0.15, 0.2) is 0 Å². The first-order chi connectivity index (χ1) is 20.2. The molecular weight excluding hydrogens is 586 g/mol. The van der Waals surface area contributed by atoms with Gasteiger partial charge in [0, 0.05) is 19.3 Å². The highest BCUT2D eigenvalue weighted by Crippen LogP contribution is 2.12. The number of nitrogens with one attached hydrogen (secondary N) is 4. The number of amides is 6. The highest BCUT2D eigenvalue weighted by molar-refractivity contribution is 7.98. The number of carboxylic acid groups (broad SMARTS) is 1. The van der Waals surface area contributed by atoms with Crippen molar-refractivity contribution >= 4 is 53.2 Å². The quantitative estimate of drug-likeness (QED) is 0.0713. The van der Waals surface area contributed by atoms with Crippen molar-refractivity contribution in [2.75, 3.05) is 18.6 Å². The van der Waals surface area contributed by atoms with Gasteiger partial charge in [-0.05, 0) is 49.0 Å². The van der Waals surface area contributed by atoms with Crippen molar-refractivity contribution in [3.8, 4) is 5.75 Å². The van der Waals surface area contributed by atoms with Crippen molar-refractivity contribution in [1.82, 2.24) is 21.3 Å². The number of carboxylic acids is 1. The van der Waals surface area contributed by atoms with Gasteiger partial charge in [-0.25, -0.2) is 4.79 Å². The number of benzene rings is 1. The van der Waals surface area contributed by atoms with E-state index in [9.17, 15) is 43.8 Å². The highest BCUT2D eigenvalue weighted by Gasteiger charge is 2.28. The Hall–Kier alpha value is -4.38. The topological polar surface area (TPSA) is 286 Å². The molecule has 0 unspecified atom stereocenters. The number of phenolic OH excluding ortho intramolecular Hbond substituents is 1. The van der Waals surface area contributed by atoms with Crippen LogP contribution in [0.5, 0.6) is 5.75 Å². The monoisotopic (exact) mass is 625 g/mol. The third-order valence-electron chi connectivity index (χ3n) is 6.03. The lowest BCUT2D eigenvalue weighted by atomic mass is 10.0. The lowest BCUT2D eigenvalue weighted by Crippen LogP contribution is -2.55. The Morgan fingerprint density at radius 2 is 1.37 bits per heavy atom. The van der Waals surface area contributed by atoms with E-state index in [4.69, 9.17) is 17.2 Å². The standard InChI is InChI=1S/C26H39N7O9S/c1-43-11-10-18(26(41)42)33-25(40)19(12-14-2-4-15(34)5-3-14)31-22(37)13-30-24(39)17(7-9-21(29)36)32-23(38)16(27)6-8-20(28)35/h2-5,16-19,34H,6-13,27H2,1H3,(H2,28,35)(H2,29,36)(H,30,39)(H,31,37)(H,32,38)(H,33,40)(H,41,42)/t16-,17-,18-,19-/m0/s1. The Morgan fingerprint density at radius 1 is 0.791 bits per heavy atom. The zero-order chi connectivity index (χ0) is 32.5. The molecule has 0 saturated heterocycles. The summed E-state index contributed by atoms with van der Waals surface area (Å²) in [5.41, 5.74) is 16.5. The van der Waals surface area contributed by atoms with E-state index in [1.165, 1.54) is 36.0 Å². The van der Waals surface area contributed by atoms with Gasteiger partial charge in [0.2, 0.25) is 35.4 Å². The fourth-order valence-electron chi connectivity index (χ4n) is 3.64. The molecule has 0 aliphatic carbocycles. The van der Waals surface area contributed by atoms with Crippen LogP contribution in [0, 0.1) is 0 Å².